The van der Waals surface area contributed by atoms with Gasteiger partial charge in [0, 0.05) is 13.7 Å². The third-order valence-corrected chi connectivity index (χ3v) is 3.00. The second-order valence-electron chi connectivity index (χ2n) is 4.98. The summed E-state index contributed by atoms with van der Waals surface area (Å²) >= 11 is 0. The van der Waals surface area contributed by atoms with Crippen LogP contribution in [0, 0.1) is 0 Å². The van der Waals surface area contributed by atoms with Gasteiger partial charge in [-0.05, 0) is 32.4 Å². The summed E-state index contributed by atoms with van der Waals surface area (Å²) in [7, 11) is 1.67. The Balaban J connectivity index is 2.27. The Morgan fingerprint density at radius 2 is 1.90 bits per heavy atom. The first kappa shape index (κ1) is 16.5. The van der Waals surface area contributed by atoms with Crippen LogP contribution in [0.2, 0.25) is 0 Å². The minimum absolute atomic E-state index is 0.160. The second-order valence-corrected chi connectivity index (χ2v) is 4.98. The van der Waals surface area contributed by atoms with Crippen LogP contribution in [-0.4, -0.2) is 43.6 Å². The number of hydrogen-bond acceptors (Lipinski definition) is 4. The summed E-state index contributed by atoms with van der Waals surface area (Å²) in [5.74, 6) is -0.635. The van der Waals surface area contributed by atoms with Crippen LogP contribution in [-0.2, 0) is 9.47 Å². The number of rotatable bonds is 9. The molecule has 0 unspecified atom stereocenters. The van der Waals surface area contributed by atoms with E-state index in [2.05, 4.69) is 0 Å². The molecule has 0 aliphatic heterocycles. The lowest BCUT2D eigenvalue weighted by atomic mass is 10.1. The molecule has 0 amide bonds. The van der Waals surface area contributed by atoms with E-state index in [4.69, 9.17) is 19.3 Å². The quantitative estimate of drug-likeness (QED) is 0.705. The Morgan fingerprint density at radius 3 is 2.55 bits per heavy atom. The predicted molar refractivity (Wildman–Crippen MR) is 75.4 cm³/mol. The number of methoxy groups -OCH3 is 1. The number of benzene rings is 1. The number of carboxylic acids is 1. The lowest BCUT2D eigenvalue weighted by molar-refractivity contribution is -0.0129. The molecule has 0 heterocycles. The van der Waals surface area contributed by atoms with Gasteiger partial charge in [-0.15, -0.1) is 0 Å². The van der Waals surface area contributed by atoms with Crippen LogP contribution in [0.25, 0.3) is 0 Å². The van der Waals surface area contributed by atoms with Crippen molar-refractivity contribution in [3.05, 3.63) is 29.8 Å². The Morgan fingerprint density at radius 1 is 1.20 bits per heavy atom. The summed E-state index contributed by atoms with van der Waals surface area (Å²) < 4.78 is 16.1. The van der Waals surface area contributed by atoms with E-state index in [-0.39, 0.29) is 11.2 Å². The fraction of sp³-hybridized carbons (Fsp3) is 0.533. The monoisotopic (exact) mass is 282 g/mol. The summed E-state index contributed by atoms with van der Waals surface area (Å²) in [6.07, 6.45) is 0.787. The zero-order valence-corrected chi connectivity index (χ0v) is 12.2. The highest BCUT2D eigenvalue weighted by Gasteiger charge is 2.15. The Labute approximate surface area is 119 Å². The summed E-state index contributed by atoms with van der Waals surface area (Å²) in [4.78, 5) is 11.0. The summed E-state index contributed by atoms with van der Waals surface area (Å²) in [6.45, 7) is 5.29. The molecule has 1 N–H and O–H groups in total. The van der Waals surface area contributed by atoms with E-state index in [9.17, 15) is 4.79 Å². The van der Waals surface area contributed by atoms with Crippen molar-refractivity contribution in [1.82, 2.24) is 0 Å². The van der Waals surface area contributed by atoms with Crippen molar-refractivity contribution < 1.29 is 24.1 Å². The van der Waals surface area contributed by atoms with Gasteiger partial charge in [0.05, 0.1) is 12.2 Å². The molecule has 0 spiro atoms. The van der Waals surface area contributed by atoms with Gasteiger partial charge >= 0.3 is 5.97 Å². The van der Waals surface area contributed by atoms with Crippen LogP contribution >= 0.6 is 0 Å². The molecule has 0 bridgehead atoms. The van der Waals surface area contributed by atoms with Crippen molar-refractivity contribution in [3.8, 4) is 5.75 Å². The topological polar surface area (TPSA) is 65.0 Å². The molecule has 1 aromatic carbocycles. The van der Waals surface area contributed by atoms with Crippen LogP contribution in [0.3, 0.4) is 0 Å². The molecule has 0 fully saturated rings. The van der Waals surface area contributed by atoms with Gasteiger partial charge in [0.1, 0.15) is 17.9 Å². The number of aromatic carboxylic acids is 1. The van der Waals surface area contributed by atoms with Gasteiger partial charge in [-0.1, -0.05) is 12.1 Å². The SMILES string of the molecule is COC(C)(C)CCOCCOc1ccccc1C(=O)O. The highest BCUT2D eigenvalue weighted by molar-refractivity contribution is 5.90. The van der Waals surface area contributed by atoms with E-state index in [0.717, 1.165) is 6.42 Å². The number of hydrogen-bond donors (Lipinski definition) is 1. The standard InChI is InChI=1S/C15H22O5/c1-15(2,18-3)8-9-19-10-11-20-13-7-5-4-6-12(13)14(16)17/h4-7H,8-11H2,1-3H3,(H,16,17). The molecule has 112 valence electrons. The maximum Gasteiger partial charge on any atom is 0.339 e. The molecule has 5 heteroatoms. The third kappa shape index (κ3) is 5.59. The molecular weight excluding hydrogens is 260 g/mol. The zero-order chi connectivity index (χ0) is 15.0. The molecule has 0 atom stereocenters. The average molecular weight is 282 g/mol. The first-order valence-corrected chi connectivity index (χ1v) is 6.54. The van der Waals surface area contributed by atoms with Crippen LogP contribution in [0.4, 0.5) is 0 Å². The van der Waals surface area contributed by atoms with Gasteiger partial charge in [0.15, 0.2) is 0 Å². The highest BCUT2D eigenvalue weighted by atomic mass is 16.5. The van der Waals surface area contributed by atoms with Gasteiger partial charge in [0.2, 0.25) is 0 Å². The number of carbonyl (C=O) groups is 1. The zero-order valence-electron chi connectivity index (χ0n) is 12.2. The molecule has 0 aliphatic rings. The van der Waals surface area contributed by atoms with E-state index in [0.29, 0.717) is 25.6 Å². The molecule has 20 heavy (non-hydrogen) atoms. The molecule has 0 aliphatic carbocycles. The maximum atomic E-state index is 11.0. The van der Waals surface area contributed by atoms with Gasteiger partial charge in [-0.2, -0.15) is 0 Å². The molecule has 0 aromatic heterocycles. The molecule has 0 saturated heterocycles. The first-order chi connectivity index (χ1) is 9.46. The van der Waals surface area contributed by atoms with Crippen molar-refractivity contribution in [3.63, 3.8) is 0 Å². The van der Waals surface area contributed by atoms with Gasteiger partial charge in [-0.3, -0.25) is 0 Å². The summed E-state index contributed by atoms with van der Waals surface area (Å²) in [5, 5.41) is 9.00. The predicted octanol–water partition coefficient (Wildman–Crippen LogP) is 2.60. The first-order valence-electron chi connectivity index (χ1n) is 6.54. The van der Waals surface area contributed by atoms with Crippen LogP contribution < -0.4 is 4.74 Å². The van der Waals surface area contributed by atoms with E-state index < -0.39 is 5.97 Å². The van der Waals surface area contributed by atoms with Crippen molar-refractivity contribution in [2.75, 3.05) is 26.9 Å². The van der Waals surface area contributed by atoms with Gasteiger partial charge in [0.25, 0.3) is 0 Å². The van der Waals surface area contributed by atoms with E-state index >= 15 is 0 Å². The smallest absolute Gasteiger partial charge is 0.339 e. The largest absolute Gasteiger partial charge is 0.490 e. The molecule has 5 nitrogen and oxygen atoms in total. The van der Waals surface area contributed by atoms with Crippen molar-refractivity contribution >= 4 is 5.97 Å². The number of carboxylic acid groups (broad SMARTS) is 1. The minimum atomic E-state index is -0.997. The minimum Gasteiger partial charge on any atom is -0.490 e. The highest BCUT2D eigenvalue weighted by Crippen LogP contribution is 2.17. The molecule has 0 saturated carbocycles. The average Bonchev–Trinajstić information content (AvgIpc) is 2.43. The third-order valence-electron chi connectivity index (χ3n) is 3.00. The number of para-hydroxylation sites is 1. The Bertz CT molecular complexity index is 428. The van der Waals surface area contributed by atoms with E-state index in [1.54, 1.807) is 25.3 Å². The fourth-order valence-corrected chi connectivity index (χ4v) is 1.50. The van der Waals surface area contributed by atoms with Gasteiger partial charge < -0.3 is 19.3 Å². The lowest BCUT2D eigenvalue weighted by Crippen LogP contribution is -2.25. The molecular formula is C15H22O5. The van der Waals surface area contributed by atoms with E-state index in [1.807, 2.05) is 13.8 Å². The van der Waals surface area contributed by atoms with Crippen molar-refractivity contribution in [2.24, 2.45) is 0 Å². The second kappa shape index (κ2) is 7.87. The molecule has 1 rings (SSSR count). The van der Waals surface area contributed by atoms with Crippen molar-refractivity contribution in [2.45, 2.75) is 25.9 Å². The summed E-state index contributed by atoms with van der Waals surface area (Å²) in [5.41, 5.74) is -0.0375. The van der Waals surface area contributed by atoms with Crippen LogP contribution in [0.5, 0.6) is 5.75 Å². The Hall–Kier alpha value is -1.59. The number of ether oxygens (including phenoxy) is 3. The van der Waals surface area contributed by atoms with Crippen LogP contribution in [0.15, 0.2) is 24.3 Å². The lowest BCUT2D eigenvalue weighted by Gasteiger charge is -2.22. The van der Waals surface area contributed by atoms with Crippen molar-refractivity contribution in [1.29, 1.82) is 0 Å². The van der Waals surface area contributed by atoms with Crippen LogP contribution in [0.1, 0.15) is 30.6 Å². The normalized spacial score (nSPS) is 11.3. The van der Waals surface area contributed by atoms with E-state index in [1.165, 1.54) is 6.07 Å². The molecule has 1 aromatic rings. The Kier molecular flexibility index (Phi) is 6.48. The summed E-state index contributed by atoms with van der Waals surface area (Å²) in [6, 6.07) is 6.56. The fourth-order valence-electron chi connectivity index (χ4n) is 1.50. The van der Waals surface area contributed by atoms with Gasteiger partial charge in [-0.25, -0.2) is 4.79 Å². The molecule has 0 radical (unpaired) electrons. The maximum absolute atomic E-state index is 11.0.